The standard InChI is InChI=1S/C16H27N5O2/c1-5-12-8-14(23-20-12)9-18-16(17-4)19-13-6-7-21(10-13)15(22)11(2)3/h8,11,13H,5-7,9-10H2,1-4H3,(H2,17,18,19). The quantitative estimate of drug-likeness (QED) is 0.628. The van der Waals surface area contributed by atoms with Crippen LogP contribution in [0.25, 0.3) is 0 Å². The van der Waals surface area contributed by atoms with Crippen LogP contribution in [-0.2, 0) is 17.8 Å². The van der Waals surface area contributed by atoms with Crippen LogP contribution in [0.5, 0.6) is 0 Å². The van der Waals surface area contributed by atoms with E-state index < -0.39 is 0 Å². The van der Waals surface area contributed by atoms with Gasteiger partial charge in [0.25, 0.3) is 0 Å². The zero-order valence-corrected chi connectivity index (χ0v) is 14.4. The number of nitrogens with one attached hydrogen (secondary N) is 2. The van der Waals surface area contributed by atoms with E-state index in [9.17, 15) is 4.79 Å². The van der Waals surface area contributed by atoms with Crippen molar-refractivity contribution in [2.24, 2.45) is 10.9 Å². The number of hydrogen-bond donors (Lipinski definition) is 2. The van der Waals surface area contributed by atoms with Crippen LogP contribution >= 0.6 is 0 Å². The smallest absolute Gasteiger partial charge is 0.225 e. The van der Waals surface area contributed by atoms with E-state index >= 15 is 0 Å². The van der Waals surface area contributed by atoms with Crippen LogP contribution in [0.4, 0.5) is 0 Å². The van der Waals surface area contributed by atoms with E-state index in [2.05, 4.69) is 20.8 Å². The number of carbonyl (C=O) groups excluding carboxylic acids is 1. The lowest BCUT2D eigenvalue weighted by molar-refractivity contribution is -0.133. The zero-order valence-electron chi connectivity index (χ0n) is 14.4. The minimum absolute atomic E-state index is 0.0467. The molecule has 128 valence electrons. The highest BCUT2D eigenvalue weighted by Crippen LogP contribution is 2.12. The van der Waals surface area contributed by atoms with Crippen molar-refractivity contribution in [3.63, 3.8) is 0 Å². The normalized spacial score (nSPS) is 18.6. The van der Waals surface area contributed by atoms with Crippen molar-refractivity contribution in [2.75, 3.05) is 20.1 Å². The summed E-state index contributed by atoms with van der Waals surface area (Å²) in [5, 5.41) is 10.6. The lowest BCUT2D eigenvalue weighted by Crippen LogP contribution is -2.45. The molecule has 7 nitrogen and oxygen atoms in total. The number of guanidine groups is 1. The number of hydrogen-bond acceptors (Lipinski definition) is 4. The molecule has 1 aromatic rings. The average molecular weight is 321 g/mol. The van der Waals surface area contributed by atoms with Gasteiger partial charge in [0.1, 0.15) is 0 Å². The SMILES string of the molecule is CCc1cc(CNC(=NC)NC2CCN(C(=O)C(C)C)C2)on1. The number of rotatable bonds is 5. The lowest BCUT2D eigenvalue weighted by Gasteiger charge is -2.20. The summed E-state index contributed by atoms with van der Waals surface area (Å²) in [4.78, 5) is 18.2. The predicted molar refractivity (Wildman–Crippen MR) is 89.0 cm³/mol. The minimum atomic E-state index is 0.0467. The lowest BCUT2D eigenvalue weighted by atomic mass is 10.2. The molecule has 0 bridgehead atoms. The second-order valence-electron chi connectivity index (χ2n) is 6.13. The first-order valence-electron chi connectivity index (χ1n) is 8.23. The van der Waals surface area contributed by atoms with Gasteiger partial charge in [-0.05, 0) is 12.8 Å². The molecular formula is C16H27N5O2. The van der Waals surface area contributed by atoms with Gasteiger partial charge in [0, 0.05) is 38.2 Å². The van der Waals surface area contributed by atoms with Gasteiger partial charge in [-0.1, -0.05) is 25.9 Å². The molecule has 23 heavy (non-hydrogen) atoms. The molecular weight excluding hydrogens is 294 g/mol. The van der Waals surface area contributed by atoms with Crippen LogP contribution in [0, 0.1) is 5.92 Å². The molecule has 0 aliphatic carbocycles. The predicted octanol–water partition coefficient (Wildman–Crippen LogP) is 1.16. The number of aryl methyl sites for hydroxylation is 1. The highest BCUT2D eigenvalue weighted by atomic mass is 16.5. The number of amides is 1. The van der Waals surface area contributed by atoms with Crippen LogP contribution < -0.4 is 10.6 Å². The fraction of sp³-hybridized carbons (Fsp3) is 0.688. The van der Waals surface area contributed by atoms with E-state index in [0.29, 0.717) is 12.5 Å². The van der Waals surface area contributed by atoms with Crippen molar-refractivity contribution in [2.45, 2.75) is 46.2 Å². The molecule has 1 saturated heterocycles. The summed E-state index contributed by atoms with van der Waals surface area (Å²) in [6.45, 7) is 7.97. The Morgan fingerprint density at radius 2 is 2.35 bits per heavy atom. The maximum atomic E-state index is 12.0. The number of likely N-dealkylation sites (tertiary alicyclic amines) is 1. The monoisotopic (exact) mass is 321 g/mol. The summed E-state index contributed by atoms with van der Waals surface area (Å²) in [6.07, 6.45) is 1.79. The van der Waals surface area contributed by atoms with Crippen molar-refractivity contribution in [3.8, 4) is 0 Å². The molecule has 1 unspecified atom stereocenters. The van der Waals surface area contributed by atoms with E-state index in [1.165, 1.54) is 0 Å². The highest BCUT2D eigenvalue weighted by Gasteiger charge is 2.27. The molecule has 0 spiro atoms. The third kappa shape index (κ3) is 4.71. The number of nitrogens with zero attached hydrogens (tertiary/aromatic N) is 3. The van der Waals surface area contributed by atoms with Gasteiger partial charge in [0.05, 0.1) is 12.2 Å². The largest absolute Gasteiger partial charge is 0.359 e. The van der Waals surface area contributed by atoms with Crippen LogP contribution in [0.2, 0.25) is 0 Å². The van der Waals surface area contributed by atoms with Gasteiger partial charge in [-0.3, -0.25) is 9.79 Å². The van der Waals surface area contributed by atoms with Crippen LogP contribution in [0.15, 0.2) is 15.6 Å². The van der Waals surface area contributed by atoms with Crippen molar-refractivity contribution in [1.82, 2.24) is 20.7 Å². The van der Waals surface area contributed by atoms with Gasteiger partial charge in [0.15, 0.2) is 11.7 Å². The fourth-order valence-electron chi connectivity index (χ4n) is 2.61. The Morgan fingerprint density at radius 1 is 1.57 bits per heavy atom. The van der Waals surface area contributed by atoms with E-state index in [1.54, 1.807) is 7.05 Å². The molecule has 1 amide bonds. The van der Waals surface area contributed by atoms with Crippen LogP contribution in [0.1, 0.15) is 38.6 Å². The van der Waals surface area contributed by atoms with E-state index in [1.807, 2.05) is 31.7 Å². The molecule has 2 N–H and O–H groups in total. The Kier molecular flexibility index (Phi) is 6.01. The molecule has 2 rings (SSSR count). The Bertz CT molecular complexity index is 552. The van der Waals surface area contributed by atoms with Gasteiger partial charge in [-0.25, -0.2) is 0 Å². The second kappa shape index (κ2) is 7.99. The van der Waals surface area contributed by atoms with E-state index in [-0.39, 0.29) is 17.9 Å². The molecule has 1 atom stereocenters. The summed E-state index contributed by atoms with van der Waals surface area (Å²) in [6, 6.07) is 2.17. The molecule has 1 aliphatic heterocycles. The maximum Gasteiger partial charge on any atom is 0.225 e. The molecule has 1 aliphatic rings. The van der Waals surface area contributed by atoms with Gasteiger partial charge < -0.3 is 20.1 Å². The summed E-state index contributed by atoms with van der Waals surface area (Å²) >= 11 is 0. The van der Waals surface area contributed by atoms with Gasteiger partial charge >= 0.3 is 0 Å². The Labute approximate surface area is 137 Å². The molecule has 0 aromatic carbocycles. The molecule has 0 saturated carbocycles. The van der Waals surface area contributed by atoms with Gasteiger partial charge in [-0.2, -0.15) is 0 Å². The Hall–Kier alpha value is -2.05. The first-order chi connectivity index (χ1) is 11.0. The Balaban J connectivity index is 1.80. The number of aliphatic imine (C=N–C) groups is 1. The maximum absolute atomic E-state index is 12.0. The molecule has 7 heteroatoms. The number of carbonyl (C=O) groups is 1. The average Bonchev–Trinajstić information content (AvgIpc) is 3.19. The topological polar surface area (TPSA) is 82.8 Å². The van der Waals surface area contributed by atoms with Crippen LogP contribution in [-0.4, -0.2) is 48.1 Å². The van der Waals surface area contributed by atoms with Crippen molar-refractivity contribution in [3.05, 3.63) is 17.5 Å². The van der Waals surface area contributed by atoms with Crippen LogP contribution in [0.3, 0.4) is 0 Å². The van der Waals surface area contributed by atoms with Crippen molar-refractivity contribution in [1.29, 1.82) is 0 Å². The summed E-state index contributed by atoms with van der Waals surface area (Å²) in [7, 11) is 1.74. The van der Waals surface area contributed by atoms with E-state index in [4.69, 9.17) is 4.52 Å². The van der Waals surface area contributed by atoms with E-state index in [0.717, 1.165) is 37.4 Å². The van der Waals surface area contributed by atoms with Gasteiger partial charge in [0.2, 0.25) is 5.91 Å². The first-order valence-corrected chi connectivity index (χ1v) is 8.23. The highest BCUT2D eigenvalue weighted by molar-refractivity contribution is 5.81. The van der Waals surface area contributed by atoms with Crippen molar-refractivity contribution >= 4 is 11.9 Å². The van der Waals surface area contributed by atoms with Crippen molar-refractivity contribution < 1.29 is 9.32 Å². The third-order valence-corrected chi connectivity index (χ3v) is 3.96. The summed E-state index contributed by atoms with van der Waals surface area (Å²) in [5.41, 5.74) is 0.948. The second-order valence-corrected chi connectivity index (χ2v) is 6.13. The minimum Gasteiger partial charge on any atom is -0.359 e. The molecule has 0 radical (unpaired) electrons. The molecule has 1 aromatic heterocycles. The molecule has 2 heterocycles. The van der Waals surface area contributed by atoms with Gasteiger partial charge in [-0.15, -0.1) is 0 Å². The summed E-state index contributed by atoms with van der Waals surface area (Å²) in [5.74, 6) is 1.76. The first kappa shape index (κ1) is 17.3. The molecule has 1 fully saturated rings. The zero-order chi connectivity index (χ0) is 16.8. The third-order valence-electron chi connectivity index (χ3n) is 3.96. The number of aromatic nitrogens is 1. The summed E-state index contributed by atoms with van der Waals surface area (Å²) < 4.78 is 5.25. The Morgan fingerprint density at radius 3 is 2.96 bits per heavy atom. The fourth-order valence-corrected chi connectivity index (χ4v) is 2.61.